The molecule has 3 aromatic rings. The van der Waals surface area contributed by atoms with Crippen molar-refractivity contribution in [2.45, 2.75) is 33.7 Å². The van der Waals surface area contributed by atoms with E-state index < -0.39 is 0 Å². The number of aromatic nitrogens is 1. The van der Waals surface area contributed by atoms with E-state index >= 15 is 0 Å². The minimum absolute atomic E-state index is 0.212. The summed E-state index contributed by atoms with van der Waals surface area (Å²) < 4.78 is 0. The SMILES string of the molecule is Cc1cccc(N2CCN(CC(=O)c3c(C)[nH]c4cc(C)ccc34)C[C@H]2C)c1. The van der Waals surface area contributed by atoms with Gasteiger partial charge in [-0.3, -0.25) is 9.69 Å². The molecule has 4 nitrogen and oxygen atoms in total. The number of nitrogens with one attached hydrogen (secondary N) is 1. The summed E-state index contributed by atoms with van der Waals surface area (Å²) in [6.07, 6.45) is 0. The first-order valence-corrected chi connectivity index (χ1v) is 10.1. The normalized spacial score (nSPS) is 18.0. The van der Waals surface area contributed by atoms with Crippen molar-refractivity contribution in [1.29, 1.82) is 0 Å². The van der Waals surface area contributed by atoms with Crippen LogP contribution in [0.15, 0.2) is 42.5 Å². The van der Waals surface area contributed by atoms with Gasteiger partial charge in [-0.05, 0) is 57.0 Å². The number of Topliss-reactive ketones (excluding diaryl/α,β-unsaturated/α-hetero) is 1. The molecule has 1 aliphatic rings. The number of benzene rings is 2. The van der Waals surface area contributed by atoms with Crippen LogP contribution in [0, 0.1) is 20.8 Å². The van der Waals surface area contributed by atoms with Crippen LogP contribution in [0.1, 0.15) is 34.1 Å². The number of piperazine rings is 1. The van der Waals surface area contributed by atoms with Crippen molar-refractivity contribution in [2.75, 3.05) is 31.1 Å². The van der Waals surface area contributed by atoms with Crippen molar-refractivity contribution in [3.63, 3.8) is 0 Å². The molecule has 1 fully saturated rings. The fraction of sp³-hybridized carbons (Fsp3) is 0.375. The fourth-order valence-corrected chi connectivity index (χ4v) is 4.45. The summed E-state index contributed by atoms with van der Waals surface area (Å²) in [7, 11) is 0. The predicted molar refractivity (Wildman–Crippen MR) is 117 cm³/mol. The Balaban J connectivity index is 1.47. The average molecular weight is 376 g/mol. The third-order valence-electron chi connectivity index (χ3n) is 5.83. The molecule has 4 rings (SSSR count). The number of hydrogen-bond acceptors (Lipinski definition) is 3. The van der Waals surface area contributed by atoms with Crippen molar-refractivity contribution < 1.29 is 4.79 Å². The Kier molecular flexibility index (Phi) is 4.98. The summed E-state index contributed by atoms with van der Waals surface area (Å²) in [6.45, 7) is 11.7. The number of fused-ring (bicyclic) bond motifs is 1. The van der Waals surface area contributed by atoms with Gasteiger partial charge in [-0.2, -0.15) is 0 Å². The molecule has 2 aromatic carbocycles. The highest BCUT2D eigenvalue weighted by Gasteiger charge is 2.26. The molecule has 0 spiro atoms. The smallest absolute Gasteiger partial charge is 0.179 e. The minimum Gasteiger partial charge on any atom is -0.366 e. The van der Waals surface area contributed by atoms with E-state index in [-0.39, 0.29) is 5.78 Å². The molecule has 0 unspecified atom stereocenters. The highest BCUT2D eigenvalue weighted by atomic mass is 16.1. The molecule has 2 heterocycles. The highest BCUT2D eigenvalue weighted by Crippen LogP contribution is 2.25. The monoisotopic (exact) mass is 375 g/mol. The quantitative estimate of drug-likeness (QED) is 0.683. The van der Waals surface area contributed by atoms with E-state index in [1.807, 2.05) is 6.92 Å². The van der Waals surface area contributed by atoms with Crippen LogP contribution >= 0.6 is 0 Å². The van der Waals surface area contributed by atoms with Gasteiger partial charge < -0.3 is 9.88 Å². The molecule has 0 saturated carbocycles. The molecule has 0 amide bonds. The second-order valence-corrected chi connectivity index (χ2v) is 8.21. The Morgan fingerprint density at radius 1 is 1.07 bits per heavy atom. The molecule has 0 radical (unpaired) electrons. The summed E-state index contributed by atoms with van der Waals surface area (Å²) in [4.78, 5) is 21.3. The topological polar surface area (TPSA) is 39.3 Å². The van der Waals surface area contributed by atoms with Crippen molar-refractivity contribution in [3.05, 3.63) is 64.8 Å². The van der Waals surface area contributed by atoms with Gasteiger partial charge in [0.2, 0.25) is 0 Å². The number of hydrogen-bond donors (Lipinski definition) is 1. The molecule has 1 N–H and O–H groups in total. The molecule has 146 valence electrons. The number of H-pyrrole nitrogens is 1. The van der Waals surface area contributed by atoms with Gasteiger partial charge in [0, 0.05) is 53.5 Å². The van der Waals surface area contributed by atoms with Crippen LogP contribution in [0.2, 0.25) is 0 Å². The van der Waals surface area contributed by atoms with Gasteiger partial charge in [0.15, 0.2) is 5.78 Å². The van der Waals surface area contributed by atoms with Crippen LogP contribution < -0.4 is 4.90 Å². The number of carbonyl (C=O) groups excluding carboxylic acids is 1. The molecule has 0 bridgehead atoms. The van der Waals surface area contributed by atoms with Gasteiger partial charge in [0.1, 0.15) is 0 Å². The maximum Gasteiger partial charge on any atom is 0.179 e. The van der Waals surface area contributed by atoms with Gasteiger partial charge in [0.05, 0.1) is 6.54 Å². The van der Waals surface area contributed by atoms with Crippen LogP contribution in [0.25, 0.3) is 10.9 Å². The second-order valence-electron chi connectivity index (χ2n) is 8.21. The zero-order chi connectivity index (χ0) is 19.8. The van der Waals surface area contributed by atoms with E-state index in [2.05, 4.69) is 78.0 Å². The average Bonchev–Trinajstić information content (AvgIpc) is 2.96. The van der Waals surface area contributed by atoms with Crippen molar-refractivity contribution in [3.8, 4) is 0 Å². The lowest BCUT2D eigenvalue weighted by molar-refractivity contribution is 0.0918. The van der Waals surface area contributed by atoms with E-state index in [0.29, 0.717) is 12.6 Å². The lowest BCUT2D eigenvalue weighted by Gasteiger charge is -2.41. The number of aryl methyl sites for hydroxylation is 3. The molecular weight excluding hydrogens is 346 g/mol. The fourth-order valence-electron chi connectivity index (χ4n) is 4.45. The Labute approximate surface area is 167 Å². The number of carbonyl (C=O) groups is 1. The maximum absolute atomic E-state index is 13.1. The van der Waals surface area contributed by atoms with Gasteiger partial charge in [-0.1, -0.05) is 24.3 Å². The maximum atomic E-state index is 13.1. The minimum atomic E-state index is 0.212. The Hall–Kier alpha value is -2.59. The summed E-state index contributed by atoms with van der Waals surface area (Å²) in [6, 6.07) is 15.3. The standard InChI is InChI=1S/C24H29N3O/c1-16-6-5-7-20(12-16)27-11-10-26(14-18(27)3)15-23(28)24-19(4)25-22-13-17(2)8-9-21(22)24/h5-9,12-13,18,25H,10-11,14-15H2,1-4H3/t18-/m1/s1. The second kappa shape index (κ2) is 7.44. The van der Waals surface area contributed by atoms with Crippen LogP contribution in [-0.4, -0.2) is 47.9 Å². The molecule has 4 heteroatoms. The Morgan fingerprint density at radius 3 is 2.61 bits per heavy atom. The van der Waals surface area contributed by atoms with Gasteiger partial charge >= 0.3 is 0 Å². The number of anilines is 1. The summed E-state index contributed by atoms with van der Waals surface area (Å²) in [5.41, 5.74) is 6.64. The summed E-state index contributed by atoms with van der Waals surface area (Å²) in [5.74, 6) is 0.212. The van der Waals surface area contributed by atoms with Crippen molar-refractivity contribution >= 4 is 22.4 Å². The van der Waals surface area contributed by atoms with Crippen molar-refractivity contribution in [1.82, 2.24) is 9.88 Å². The number of aromatic amines is 1. The van der Waals surface area contributed by atoms with Crippen LogP contribution in [0.4, 0.5) is 5.69 Å². The van der Waals surface area contributed by atoms with E-state index in [4.69, 9.17) is 0 Å². The first kappa shape index (κ1) is 18.8. The molecule has 1 aliphatic heterocycles. The first-order chi connectivity index (χ1) is 13.4. The van der Waals surface area contributed by atoms with Gasteiger partial charge in [-0.25, -0.2) is 0 Å². The molecule has 1 atom stereocenters. The Bertz CT molecular complexity index is 1020. The molecule has 1 saturated heterocycles. The zero-order valence-corrected chi connectivity index (χ0v) is 17.2. The van der Waals surface area contributed by atoms with Gasteiger partial charge in [-0.15, -0.1) is 0 Å². The van der Waals surface area contributed by atoms with Crippen LogP contribution in [-0.2, 0) is 0 Å². The van der Waals surface area contributed by atoms with Crippen LogP contribution in [0.5, 0.6) is 0 Å². The van der Waals surface area contributed by atoms with Crippen molar-refractivity contribution in [2.24, 2.45) is 0 Å². The zero-order valence-electron chi connectivity index (χ0n) is 17.2. The summed E-state index contributed by atoms with van der Waals surface area (Å²) >= 11 is 0. The van der Waals surface area contributed by atoms with Crippen LogP contribution in [0.3, 0.4) is 0 Å². The number of nitrogens with zero attached hydrogens (tertiary/aromatic N) is 2. The number of rotatable bonds is 4. The summed E-state index contributed by atoms with van der Waals surface area (Å²) in [5, 5.41) is 1.04. The highest BCUT2D eigenvalue weighted by molar-refractivity contribution is 6.10. The Morgan fingerprint density at radius 2 is 1.86 bits per heavy atom. The third kappa shape index (κ3) is 3.57. The third-order valence-corrected chi connectivity index (χ3v) is 5.83. The molecule has 1 aromatic heterocycles. The lowest BCUT2D eigenvalue weighted by atomic mass is 10.0. The molecule has 0 aliphatic carbocycles. The largest absolute Gasteiger partial charge is 0.366 e. The lowest BCUT2D eigenvalue weighted by Crippen LogP contribution is -2.53. The number of ketones is 1. The first-order valence-electron chi connectivity index (χ1n) is 10.1. The van der Waals surface area contributed by atoms with E-state index in [1.54, 1.807) is 0 Å². The molecule has 28 heavy (non-hydrogen) atoms. The molecular formula is C24H29N3O. The van der Waals surface area contributed by atoms with E-state index in [0.717, 1.165) is 41.8 Å². The van der Waals surface area contributed by atoms with E-state index in [1.165, 1.54) is 16.8 Å². The van der Waals surface area contributed by atoms with Gasteiger partial charge in [0.25, 0.3) is 0 Å². The van der Waals surface area contributed by atoms with E-state index in [9.17, 15) is 4.79 Å². The predicted octanol–water partition coefficient (Wildman–Crippen LogP) is 4.49.